The highest BCUT2D eigenvalue weighted by Crippen LogP contribution is 2.26. The van der Waals surface area contributed by atoms with Gasteiger partial charge >= 0.3 is 0 Å². The second-order valence-corrected chi connectivity index (χ2v) is 5.32. The molecule has 0 radical (unpaired) electrons. The van der Waals surface area contributed by atoms with E-state index in [1.165, 1.54) is 4.88 Å². The molecule has 0 aliphatic carbocycles. The van der Waals surface area contributed by atoms with E-state index < -0.39 is 0 Å². The van der Waals surface area contributed by atoms with Crippen LogP contribution in [-0.4, -0.2) is 6.54 Å². The molecule has 0 amide bonds. The number of nitrogens with two attached hydrogens (primary N) is 1. The van der Waals surface area contributed by atoms with Gasteiger partial charge in [-0.05, 0) is 42.1 Å². The Morgan fingerprint density at radius 2 is 2.24 bits per heavy atom. The summed E-state index contributed by atoms with van der Waals surface area (Å²) in [5.74, 6) is 0. The normalized spacial score (nSPS) is 12.4. The van der Waals surface area contributed by atoms with Gasteiger partial charge in [-0.15, -0.1) is 11.3 Å². The minimum atomic E-state index is 0.162. The van der Waals surface area contributed by atoms with Crippen LogP contribution >= 0.6 is 22.9 Å². The number of halogens is 1. The molecule has 0 saturated carbocycles. The van der Waals surface area contributed by atoms with Crippen LogP contribution in [0.3, 0.4) is 0 Å². The summed E-state index contributed by atoms with van der Waals surface area (Å²) in [5, 5.41) is 6.28. The van der Waals surface area contributed by atoms with Crippen molar-refractivity contribution >= 4 is 28.6 Å². The van der Waals surface area contributed by atoms with E-state index >= 15 is 0 Å². The smallest absolute Gasteiger partial charge is 0.0728 e. The lowest BCUT2D eigenvalue weighted by atomic mass is 10.1. The molecule has 0 spiro atoms. The molecule has 0 aliphatic rings. The molecule has 2 aromatic rings. The van der Waals surface area contributed by atoms with E-state index in [2.05, 4.69) is 16.8 Å². The monoisotopic (exact) mass is 266 g/mol. The molecule has 17 heavy (non-hydrogen) atoms. The van der Waals surface area contributed by atoms with Gasteiger partial charge in [-0.3, -0.25) is 0 Å². The highest BCUT2D eigenvalue weighted by molar-refractivity contribution is 7.10. The first-order chi connectivity index (χ1) is 8.20. The molecular formula is C13H15ClN2S. The van der Waals surface area contributed by atoms with Gasteiger partial charge in [-0.1, -0.05) is 17.7 Å². The predicted octanol–water partition coefficient (Wildman–Crippen LogP) is 3.82. The number of aryl methyl sites for hydroxylation is 1. The second kappa shape index (κ2) is 5.54. The van der Waals surface area contributed by atoms with Gasteiger partial charge in [-0.2, -0.15) is 0 Å². The van der Waals surface area contributed by atoms with Gasteiger partial charge in [0, 0.05) is 22.1 Å². The van der Waals surface area contributed by atoms with Gasteiger partial charge in [0.1, 0.15) is 0 Å². The van der Waals surface area contributed by atoms with Crippen molar-refractivity contribution in [3.05, 3.63) is 51.2 Å². The summed E-state index contributed by atoms with van der Waals surface area (Å²) in [6, 6.07) is 10.1. The van der Waals surface area contributed by atoms with E-state index in [4.69, 9.17) is 17.3 Å². The number of rotatable bonds is 4. The lowest BCUT2D eigenvalue weighted by Gasteiger charge is -2.18. The quantitative estimate of drug-likeness (QED) is 0.883. The minimum absolute atomic E-state index is 0.162. The first-order valence-corrected chi connectivity index (χ1v) is 6.72. The molecule has 3 N–H and O–H groups in total. The van der Waals surface area contributed by atoms with Crippen LogP contribution in [0.15, 0.2) is 35.7 Å². The van der Waals surface area contributed by atoms with Crippen LogP contribution < -0.4 is 11.1 Å². The molecule has 0 fully saturated rings. The van der Waals surface area contributed by atoms with Crippen LogP contribution in [0.5, 0.6) is 0 Å². The summed E-state index contributed by atoms with van der Waals surface area (Å²) in [6.45, 7) is 2.61. The van der Waals surface area contributed by atoms with Crippen LogP contribution in [0, 0.1) is 6.92 Å². The summed E-state index contributed by atoms with van der Waals surface area (Å²) in [5.41, 5.74) is 8.02. The molecule has 2 rings (SSSR count). The third-order valence-electron chi connectivity index (χ3n) is 2.64. The third kappa shape index (κ3) is 3.00. The third-order valence-corrected chi connectivity index (χ3v) is 3.86. The molecule has 1 aromatic heterocycles. The lowest BCUT2D eigenvalue weighted by Crippen LogP contribution is -2.19. The number of hydrogen-bond donors (Lipinski definition) is 2. The van der Waals surface area contributed by atoms with E-state index in [1.807, 2.05) is 31.2 Å². The summed E-state index contributed by atoms with van der Waals surface area (Å²) in [4.78, 5) is 1.25. The highest BCUT2D eigenvalue weighted by Gasteiger charge is 2.11. The number of hydrogen-bond acceptors (Lipinski definition) is 3. The molecule has 1 atom stereocenters. The maximum atomic E-state index is 5.94. The van der Waals surface area contributed by atoms with Gasteiger partial charge in [0.2, 0.25) is 0 Å². The van der Waals surface area contributed by atoms with Crippen molar-refractivity contribution in [1.29, 1.82) is 0 Å². The van der Waals surface area contributed by atoms with Crippen molar-refractivity contribution in [1.82, 2.24) is 0 Å². The topological polar surface area (TPSA) is 38.0 Å². The summed E-state index contributed by atoms with van der Waals surface area (Å²) in [7, 11) is 0. The van der Waals surface area contributed by atoms with Crippen molar-refractivity contribution in [3.8, 4) is 0 Å². The summed E-state index contributed by atoms with van der Waals surface area (Å²) >= 11 is 7.65. The molecule has 0 bridgehead atoms. The maximum Gasteiger partial charge on any atom is 0.0728 e. The molecule has 90 valence electrons. The Bertz CT molecular complexity index is 482. The van der Waals surface area contributed by atoms with Crippen molar-refractivity contribution in [2.24, 2.45) is 5.73 Å². The Morgan fingerprint density at radius 1 is 1.41 bits per heavy atom. The van der Waals surface area contributed by atoms with E-state index in [9.17, 15) is 0 Å². The van der Waals surface area contributed by atoms with E-state index in [1.54, 1.807) is 11.3 Å². The molecule has 1 aromatic carbocycles. The zero-order chi connectivity index (χ0) is 12.3. The van der Waals surface area contributed by atoms with Crippen molar-refractivity contribution in [2.45, 2.75) is 13.0 Å². The molecular weight excluding hydrogens is 252 g/mol. The minimum Gasteiger partial charge on any atom is -0.376 e. The standard InChI is InChI=1S/C13H15ClN2S/c1-9-7-10(14)4-5-11(9)16-12(8-15)13-3-2-6-17-13/h2-7,12,16H,8,15H2,1H3. The van der Waals surface area contributed by atoms with Gasteiger partial charge in [0.05, 0.1) is 6.04 Å². The molecule has 2 nitrogen and oxygen atoms in total. The van der Waals surface area contributed by atoms with E-state index in [-0.39, 0.29) is 6.04 Å². The summed E-state index contributed by atoms with van der Waals surface area (Å²) in [6.07, 6.45) is 0. The van der Waals surface area contributed by atoms with Crippen LogP contribution in [0.4, 0.5) is 5.69 Å². The van der Waals surface area contributed by atoms with Crippen LogP contribution in [0.2, 0.25) is 5.02 Å². The van der Waals surface area contributed by atoms with Gasteiger partial charge in [0.25, 0.3) is 0 Å². The first-order valence-electron chi connectivity index (χ1n) is 5.47. The fourth-order valence-electron chi connectivity index (χ4n) is 1.71. The van der Waals surface area contributed by atoms with Crippen LogP contribution in [0.1, 0.15) is 16.5 Å². The Hall–Kier alpha value is -1.03. The lowest BCUT2D eigenvalue weighted by molar-refractivity contribution is 0.805. The predicted molar refractivity (Wildman–Crippen MR) is 75.9 cm³/mol. The number of anilines is 1. The summed E-state index contributed by atoms with van der Waals surface area (Å²) < 4.78 is 0. The molecule has 4 heteroatoms. The van der Waals surface area contributed by atoms with Crippen LogP contribution in [-0.2, 0) is 0 Å². The number of nitrogens with one attached hydrogen (secondary N) is 1. The molecule has 1 heterocycles. The van der Waals surface area contributed by atoms with Crippen molar-refractivity contribution in [3.63, 3.8) is 0 Å². The largest absolute Gasteiger partial charge is 0.376 e. The van der Waals surface area contributed by atoms with E-state index in [0.29, 0.717) is 6.54 Å². The van der Waals surface area contributed by atoms with Crippen molar-refractivity contribution in [2.75, 3.05) is 11.9 Å². The molecule has 0 saturated heterocycles. The van der Waals surface area contributed by atoms with Gasteiger partial charge in [0.15, 0.2) is 0 Å². The Morgan fingerprint density at radius 3 is 2.82 bits per heavy atom. The van der Waals surface area contributed by atoms with E-state index in [0.717, 1.165) is 16.3 Å². The number of thiophene rings is 1. The van der Waals surface area contributed by atoms with Gasteiger partial charge in [-0.25, -0.2) is 0 Å². The maximum absolute atomic E-state index is 5.94. The average Bonchev–Trinajstić information content (AvgIpc) is 2.81. The fourth-order valence-corrected chi connectivity index (χ4v) is 2.73. The zero-order valence-corrected chi connectivity index (χ0v) is 11.2. The zero-order valence-electron chi connectivity index (χ0n) is 9.61. The fraction of sp³-hybridized carbons (Fsp3) is 0.231. The second-order valence-electron chi connectivity index (χ2n) is 3.91. The Labute approximate surface area is 110 Å². The molecule has 1 unspecified atom stereocenters. The number of benzene rings is 1. The van der Waals surface area contributed by atoms with Crippen molar-refractivity contribution < 1.29 is 0 Å². The molecule has 0 aliphatic heterocycles. The SMILES string of the molecule is Cc1cc(Cl)ccc1NC(CN)c1cccs1. The van der Waals surface area contributed by atoms with Crippen LogP contribution in [0.25, 0.3) is 0 Å². The van der Waals surface area contributed by atoms with Gasteiger partial charge < -0.3 is 11.1 Å². The Kier molecular flexibility index (Phi) is 4.05. The Balaban J connectivity index is 2.19. The average molecular weight is 267 g/mol. The first kappa shape index (κ1) is 12.4. The highest BCUT2D eigenvalue weighted by atomic mass is 35.5.